The molecule has 5 atom stereocenters. The Kier molecular flexibility index (Phi) is 9.62. The molecule has 7 nitrogen and oxygen atoms in total. The first kappa shape index (κ1) is 21.5. The van der Waals surface area contributed by atoms with Crippen molar-refractivity contribution in [3.63, 3.8) is 0 Å². The van der Waals surface area contributed by atoms with Crippen LogP contribution >= 0.6 is 0 Å². The molecule has 0 heterocycles. The van der Waals surface area contributed by atoms with Gasteiger partial charge in [-0.15, -0.1) is 0 Å². The normalized spacial score (nSPS) is 17.4. The monoisotopic (exact) mass is 354 g/mol. The second kappa shape index (κ2) is 11.2. The average Bonchev–Trinajstić information content (AvgIpc) is 2.55. The van der Waals surface area contributed by atoms with Gasteiger partial charge in [-0.3, -0.25) is 4.79 Å². The molecule has 0 spiro atoms. The maximum atomic E-state index is 12.2. The van der Waals surface area contributed by atoms with Crippen molar-refractivity contribution in [1.29, 1.82) is 0 Å². The van der Waals surface area contributed by atoms with Crippen molar-refractivity contribution in [2.45, 2.75) is 57.8 Å². The second-order valence-electron chi connectivity index (χ2n) is 6.21. The topological polar surface area (TPSA) is 114 Å². The number of aliphatic hydroxyl groups is 2. The highest BCUT2D eigenvalue weighted by atomic mass is 16.6. The summed E-state index contributed by atoms with van der Waals surface area (Å²) in [4.78, 5) is 12.2. The Labute approximate surface area is 149 Å². The van der Waals surface area contributed by atoms with E-state index in [4.69, 9.17) is 20.3 Å². The molecule has 25 heavy (non-hydrogen) atoms. The molecule has 1 aromatic carbocycles. The molecular formula is C18H30N2O5. The van der Waals surface area contributed by atoms with Crippen LogP contribution in [0.1, 0.15) is 26.3 Å². The molecule has 142 valence electrons. The molecule has 7 heteroatoms. The van der Waals surface area contributed by atoms with Gasteiger partial charge >= 0.3 is 0 Å². The van der Waals surface area contributed by atoms with Gasteiger partial charge in [-0.25, -0.2) is 0 Å². The molecule has 0 radical (unpaired) electrons. The van der Waals surface area contributed by atoms with Crippen LogP contribution in [0.2, 0.25) is 0 Å². The van der Waals surface area contributed by atoms with E-state index in [1.165, 1.54) is 6.92 Å². The highest BCUT2D eigenvalue weighted by Gasteiger charge is 2.21. The van der Waals surface area contributed by atoms with E-state index in [1.807, 2.05) is 37.3 Å². The Hall–Kier alpha value is -1.51. The van der Waals surface area contributed by atoms with Gasteiger partial charge in [0.1, 0.15) is 18.4 Å². The molecule has 0 aliphatic rings. The Morgan fingerprint density at radius 3 is 2.44 bits per heavy atom. The quantitative estimate of drug-likeness (QED) is 0.422. The second-order valence-corrected chi connectivity index (χ2v) is 6.21. The minimum atomic E-state index is -0.835. The third-order valence-electron chi connectivity index (χ3n) is 3.71. The van der Waals surface area contributed by atoms with Gasteiger partial charge in [-0.05, 0) is 32.8 Å². The Bertz CT molecular complexity index is 497. The maximum absolute atomic E-state index is 12.2. The summed E-state index contributed by atoms with van der Waals surface area (Å²) in [6.07, 6.45) is -2.41. The van der Waals surface area contributed by atoms with Gasteiger partial charge in [0.05, 0.1) is 19.3 Å². The third-order valence-corrected chi connectivity index (χ3v) is 3.71. The lowest BCUT2D eigenvalue weighted by molar-refractivity contribution is -0.142. The number of aliphatic hydroxyl groups excluding tert-OH is 2. The van der Waals surface area contributed by atoms with Crippen molar-refractivity contribution in [2.24, 2.45) is 5.73 Å². The van der Waals surface area contributed by atoms with Crippen LogP contribution in [-0.2, 0) is 20.7 Å². The van der Waals surface area contributed by atoms with Crippen LogP contribution in [-0.4, -0.2) is 59.9 Å². The molecule has 5 N–H and O–H groups in total. The number of ether oxygens (including phenoxy) is 2. The van der Waals surface area contributed by atoms with Gasteiger partial charge in [0.15, 0.2) is 0 Å². The minimum Gasteiger partial charge on any atom is -0.394 e. The summed E-state index contributed by atoms with van der Waals surface area (Å²) in [6, 6.07) is 9.85. The van der Waals surface area contributed by atoms with Crippen molar-refractivity contribution < 1.29 is 24.5 Å². The molecule has 1 amide bonds. The molecule has 1 unspecified atom stereocenters. The lowest BCUT2D eigenvalue weighted by Crippen LogP contribution is -2.45. The molecule has 0 aliphatic heterocycles. The maximum Gasteiger partial charge on any atom is 0.249 e. The highest BCUT2D eigenvalue weighted by molar-refractivity contribution is 5.80. The predicted octanol–water partition coefficient (Wildman–Crippen LogP) is 0.182. The summed E-state index contributed by atoms with van der Waals surface area (Å²) in [5.74, 6) is -0.256. The van der Waals surface area contributed by atoms with Gasteiger partial charge in [0, 0.05) is 6.04 Å². The van der Waals surface area contributed by atoms with E-state index in [-0.39, 0.29) is 25.2 Å². The average molecular weight is 354 g/mol. The highest BCUT2D eigenvalue weighted by Crippen LogP contribution is 2.05. The molecule has 1 rings (SSSR count). The van der Waals surface area contributed by atoms with E-state index in [1.54, 1.807) is 6.92 Å². The van der Waals surface area contributed by atoms with Gasteiger partial charge in [-0.2, -0.15) is 0 Å². The molecule has 0 fully saturated rings. The zero-order valence-corrected chi connectivity index (χ0v) is 15.1. The third kappa shape index (κ3) is 8.42. The van der Waals surface area contributed by atoms with Crippen LogP contribution in [0.15, 0.2) is 30.3 Å². The van der Waals surface area contributed by atoms with Crippen LogP contribution in [0.4, 0.5) is 0 Å². The zero-order chi connectivity index (χ0) is 18.8. The largest absolute Gasteiger partial charge is 0.394 e. The summed E-state index contributed by atoms with van der Waals surface area (Å²) < 4.78 is 10.7. The fourth-order valence-corrected chi connectivity index (χ4v) is 2.31. The summed E-state index contributed by atoms with van der Waals surface area (Å²) in [7, 11) is 0. The standard InChI is InChI=1S/C18H30N2O5/c1-12(9-15-7-5-4-6-8-15)20-18(23)14(3)25-17(19)11-24-16(10-21)13(2)22/h4-8,12-14,16-17,21-22H,9-11,19H2,1-3H3,(H,20,23)/t12-,13-,14+,16?,17+/m0/s1. The van der Waals surface area contributed by atoms with Gasteiger partial charge in [0.2, 0.25) is 5.91 Å². The Balaban J connectivity index is 2.35. The van der Waals surface area contributed by atoms with Crippen molar-refractivity contribution >= 4 is 5.91 Å². The Morgan fingerprint density at radius 2 is 1.88 bits per heavy atom. The molecule has 1 aromatic rings. The van der Waals surface area contributed by atoms with Crippen molar-refractivity contribution in [1.82, 2.24) is 5.32 Å². The zero-order valence-electron chi connectivity index (χ0n) is 15.1. The van der Waals surface area contributed by atoms with Gasteiger partial charge < -0.3 is 30.7 Å². The summed E-state index contributed by atoms with van der Waals surface area (Å²) in [6.45, 7) is 4.69. The van der Waals surface area contributed by atoms with Gasteiger partial charge in [0.25, 0.3) is 0 Å². The number of hydrogen-bond acceptors (Lipinski definition) is 6. The van der Waals surface area contributed by atoms with Crippen LogP contribution in [0.3, 0.4) is 0 Å². The predicted molar refractivity (Wildman–Crippen MR) is 94.8 cm³/mol. The number of rotatable bonds is 11. The number of nitrogens with one attached hydrogen (secondary N) is 1. The van der Waals surface area contributed by atoms with E-state index in [0.717, 1.165) is 12.0 Å². The first-order chi connectivity index (χ1) is 11.8. The van der Waals surface area contributed by atoms with Crippen LogP contribution in [0.5, 0.6) is 0 Å². The first-order valence-corrected chi connectivity index (χ1v) is 8.49. The molecule has 0 aliphatic carbocycles. The lowest BCUT2D eigenvalue weighted by atomic mass is 10.1. The van der Waals surface area contributed by atoms with E-state index in [0.29, 0.717) is 0 Å². The van der Waals surface area contributed by atoms with E-state index >= 15 is 0 Å². The number of amides is 1. The number of benzene rings is 1. The molecule has 0 bridgehead atoms. The first-order valence-electron chi connectivity index (χ1n) is 8.49. The van der Waals surface area contributed by atoms with Crippen molar-refractivity contribution in [2.75, 3.05) is 13.2 Å². The van der Waals surface area contributed by atoms with Crippen molar-refractivity contribution in [3.05, 3.63) is 35.9 Å². The number of carbonyl (C=O) groups is 1. The van der Waals surface area contributed by atoms with Crippen LogP contribution < -0.4 is 11.1 Å². The summed E-state index contributed by atoms with van der Waals surface area (Å²) in [5.41, 5.74) is 6.92. The number of hydrogen-bond donors (Lipinski definition) is 4. The number of nitrogens with two attached hydrogens (primary N) is 1. The van der Waals surface area contributed by atoms with E-state index < -0.39 is 24.5 Å². The van der Waals surface area contributed by atoms with Crippen molar-refractivity contribution in [3.8, 4) is 0 Å². The lowest BCUT2D eigenvalue weighted by Gasteiger charge is -2.23. The molecule has 0 saturated carbocycles. The van der Waals surface area contributed by atoms with Gasteiger partial charge in [-0.1, -0.05) is 30.3 Å². The molecule has 0 aromatic heterocycles. The van der Waals surface area contributed by atoms with Crippen LogP contribution in [0, 0.1) is 0 Å². The van der Waals surface area contributed by atoms with E-state index in [2.05, 4.69) is 5.32 Å². The van der Waals surface area contributed by atoms with E-state index in [9.17, 15) is 9.90 Å². The molecular weight excluding hydrogens is 324 g/mol. The SMILES string of the molecule is C[C@H](O)C(CO)OC[C@H](N)O[C@H](C)C(=O)N[C@@H](C)Cc1ccccc1. The minimum absolute atomic E-state index is 0.0344. The fourth-order valence-electron chi connectivity index (χ4n) is 2.31. The fraction of sp³-hybridized carbons (Fsp3) is 0.611. The Morgan fingerprint density at radius 1 is 1.24 bits per heavy atom. The summed E-state index contributed by atoms with van der Waals surface area (Å²) in [5, 5.41) is 21.3. The summed E-state index contributed by atoms with van der Waals surface area (Å²) >= 11 is 0. The molecule has 0 saturated heterocycles. The van der Waals surface area contributed by atoms with Crippen LogP contribution in [0.25, 0.3) is 0 Å². The smallest absolute Gasteiger partial charge is 0.249 e. The number of carbonyl (C=O) groups excluding carboxylic acids is 1.